The molecule has 0 radical (unpaired) electrons. The Kier molecular flexibility index (Phi) is 3.29. The number of piperidine rings is 1. The molecule has 0 amide bonds. The molecule has 2 heterocycles. The van der Waals surface area contributed by atoms with Gasteiger partial charge in [0.25, 0.3) is 0 Å². The fraction of sp³-hybridized carbons (Fsp3) is 0.625. The average Bonchev–Trinajstić information content (AvgIpc) is 2.44. The first-order chi connectivity index (χ1) is 8.75. The first-order valence-electron chi connectivity index (χ1n) is 7.32. The molecule has 0 aromatic heterocycles. The van der Waals surface area contributed by atoms with E-state index in [0.717, 1.165) is 5.92 Å². The van der Waals surface area contributed by atoms with Crippen LogP contribution in [-0.2, 0) is 6.42 Å². The smallest absolute Gasteiger partial charge is 0.0398 e. The van der Waals surface area contributed by atoms with Crippen LogP contribution in [0.3, 0.4) is 0 Å². The maximum atomic E-state index is 3.45. The van der Waals surface area contributed by atoms with Crippen LogP contribution < -0.4 is 10.2 Å². The van der Waals surface area contributed by atoms with Crippen molar-refractivity contribution in [3.63, 3.8) is 0 Å². The highest BCUT2D eigenvalue weighted by Crippen LogP contribution is 2.34. The highest BCUT2D eigenvalue weighted by molar-refractivity contribution is 5.57. The van der Waals surface area contributed by atoms with E-state index < -0.39 is 0 Å². The number of fused-ring (bicyclic) bond motifs is 1. The van der Waals surface area contributed by atoms with Gasteiger partial charge in [-0.15, -0.1) is 0 Å². The highest BCUT2D eigenvalue weighted by atomic mass is 15.1. The number of nitrogens with zero attached hydrogens (tertiary/aromatic N) is 1. The van der Waals surface area contributed by atoms with Crippen LogP contribution in [-0.4, -0.2) is 26.2 Å². The molecule has 2 aliphatic heterocycles. The largest absolute Gasteiger partial charge is 0.372 e. The number of rotatable bonds is 1. The van der Waals surface area contributed by atoms with E-state index in [4.69, 9.17) is 0 Å². The maximum absolute atomic E-state index is 3.45. The molecule has 0 aliphatic carbocycles. The molecule has 2 nitrogen and oxygen atoms in total. The van der Waals surface area contributed by atoms with Gasteiger partial charge in [-0.3, -0.25) is 0 Å². The summed E-state index contributed by atoms with van der Waals surface area (Å²) in [5.41, 5.74) is 4.58. The zero-order valence-electron chi connectivity index (χ0n) is 11.6. The lowest BCUT2D eigenvalue weighted by atomic mass is 9.87. The topological polar surface area (TPSA) is 15.3 Å². The third kappa shape index (κ3) is 2.14. The van der Waals surface area contributed by atoms with Crippen molar-refractivity contribution in [3.8, 4) is 0 Å². The fourth-order valence-corrected chi connectivity index (χ4v) is 3.35. The number of benzene rings is 1. The van der Waals surface area contributed by atoms with Crippen LogP contribution in [0.4, 0.5) is 5.69 Å². The minimum absolute atomic E-state index is 0.683. The van der Waals surface area contributed by atoms with Gasteiger partial charge in [0.1, 0.15) is 0 Å². The summed E-state index contributed by atoms with van der Waals surface area (Å²) < 4.78 is 0. The van der Waals surface area contributed by atoms with Gasteiger partial charge >= 0.3 is 0 Å². The SMILES string of the molecule is CC1CCc2cc(C3CCNCC3)ccc2N1C. The van der Waals surface area contributed by atoms with Crippen molar-refractivity contribution < 1.29 is 0 Å². The van der Waals surface area contributed by atoms with Crippen molar-refractivity contribution in [2.24, 2.45) is 0 Å². The van der Waals surface area contributed by atoms with Gasteiger partial charge in [0, 0.05) is 18.8 Å². The lowest BCUT2D eigenvalue weighted by Crippen LogP contribution is -2.33. The minimum Gasteiger partial charge on any atom is -0.372 e. The summed E-state index contributed by atoms with van der Waals surface area (Å²) in [7, 11) is 2.23. The molecule has 1 unspecified atom stereocenters. The summed E-state index contributed by atoms with van der Waals surface area (Å²) in [6.07, 6.45) is 5.13. The first-order valence-corrected chi connectivity index (χ1v) is 7.32. The van der Waals surface area contributed by atoms with E-state index >= 15 is 0 Å². The molecule has 0 saturated carbocycles. The fourth-order valence-electron chi connectivity index (χ4n) is 3.35. The molecule has 1 N–H and O–H groups in total. The van der Waals surface area contributed by atoms with E-state index in [1.807, 2.05) is 0 Å². The zero-order chi connectivity index (χ0) is 12.5. The normalized spacial score (nSPS) is 25.0. The van der Waals surface area contributed by atoms with Gasteiger partial charge in [0.2, 0.25) is 0 Å². The van der Waals surface area contributed by atoms with Gasteiger partial charge in [0.15, 0.2) is 0 Å². The third-order valence-electron chi connectivity index (χ3n) is 4.79. The van der Waals surface area contributed by atoms with Gasteiger partial charge in [-0.25, -0.2) is 0 Å². The Bertz CT molecular complexity index is 421. The molecule has 1 aromatic carbocycles. The summed E-state index contributed by atoms with van der Waals surface area (Å²) in [6, 6.07) is 7.88. The second-order valence-corrected chi connectivity index (χ2v) is 5.91. The maximum Gasteiger partial charge on any atom is 0.0398 e. The summed E-state index contributed by atoms with van der Waals surface area (Å²) in [5.74, 6) is 0.779. The van der Waals surface area contributed by atoms with Crippen LogP contribution in [0.15, 0.2) is 18.2 Å². The van der Waals surface area contributed by atoms with Crippen molar-refractivity contribution in [1.29, 1.82) is 0 Å². The molecule has 2 aliphatic rings. The van der Waals surface area contributed by atoms with Crippen LogP contribution in [0.1, 0.15) is 43.2 Å². The Labute approximate surface area is 110 Å². The van der Waals surface area contributed by atoms with Gasteiger partial charge in [-0.05, 0) is 68.8 Å². The molecule has 1 aromatic rings. The number of aryl methyl sites for hydroxylation is 1. The van der Waals surface area contributed by atoms with Crippen LogP contribution >= 0.6 is 0 Å². The summed E-state index contributed by atoms with van der Waals surface area (Å²) in [4.78, 5) is 2.44. The molecule has 3 rings (SSSR count). The predicted molar refractivity (Wildman–Crippen MR) is 77.5 cm³/mol. The van der Waals surface area contributed by atoms with Crippen molar-refractivity contribution in [2.45, 2.75) is 44.6 Å². The Morgan fingerprint density at radius 3 is 2.72 bits per heavy atom. The Morgan fingerprint density at radius 2 is 1.94 bits per heavy atom. The van der Waals surface area contributed by atoms with Crippen LogP contribution in [0.5, 0.6) is 0 Å². The molecule has 2 heteroatoms. The van der Waals surface area contributed by atoms with E-state index in [1.165, 1.54) is 44.5 Å². The van der Waals surface area contributed by atoms with E-state index in [0.29, 0.717) is 6.04 Å². The molecule has 1 atom stereocenters. The van der Waals surface area contributed by atoms with Crippen molar-refractivity contribution in [3.05, 3.63) is 29.3 Å². The van der Waals surface area contributed by atoms with Gasteiger partial charge in [0.05, 0.1) is 0 Å². The molecule has 1 saturated heterocycles. The van der Waals surface area contributed by atoms with E-state index in [2.05, 4.69) is 42.4 Å². The first kappa shape index (κ1) is 12.0. The van der Waals surface area contributed by atoms with E-state index in [9.17, 15) is 0 Å². The molecule has 0 bridgehead atoms. The number of hydrogen-bond donors (Lipinski definition) is 1. The average molecular weight is 244 g/mol. The van der Waals surface area contributed by atoms with Crippen molar-refractivity contribution in [1.82, 2.24) is 5.32 Å². The summed E-state index contributed by atoms with van der Waals surface area (Å²) in [6.45, 7) is 4.68. The van der Waals surface area contributed by atoms with Gasteiger partial charge in [-0.1, -0.05) is 12.1 Å². The van der Waals surface area contributed by atoms with Crippen LogP contribution in [0, 0.1) is 0 Å². The van der Waals surface area contributed by atoms with Gasteiger partial charge < -0.3 is 10.2 Å². The second-order valence-electron chi connectivity index (χ2n) is 5.91. The monoisotopic (exact) mass is 244 g/mol. The molecule has 0 spiro atoms. The third-order valence-corrected chi connectivity index (χ3v) is 4.79. The minimum atomic E-state index is 0.683. The second kappa shape index (κ2) is 4.93. The Morgan fingerprint density at radius 1 is 1.17 bits per heavy atom. The number of nitrogens with one attached hydrogen (secondary N) is 1. The predicted octanol–water partition coefficient (Wildman–Crippen LogP) is 2.92. The molecule has 1 fully saturated rings. The van der Waals surface area contributed by atoms with Crippen LogP contribution in [0.25, 0.3) is 0 Å². The van der Waals surface area contributed by atoms with Gasteiger partial charge in [-0.2, -0.15) is 0 Å². The van der Waals surface area contributed by atoms with Crippen molar-refractivity contribution in [2.75, 3.05) is 25.0 Å². The standard InChI is InChI=1S/C16H24N2/c1-12-3-4-15-11-14(5-6-16(15)18(12)2)13-7-9-17-10-8-13/h5-6,11-13,17H,3-4,7-10H2,1-2H3. The summed E-state index contributed by atoms with van der Waals surface area (Å²) in [5, 5.41) is 3.45. The van der Waals surface area contributed by atoms with E-state index in [1.54, 1.807) is 11.1 Å². The lowest BCUT2D eigenvalue weighted by molar-refractivity contribution is 0.460. The lowest BCUT2D eigenvalue weighted by Gasteiger charge is -2.34. The quantitative estimate of drug-likeness (QED) is 0.817. The Balaban J connectivity index is 1.86. The molecule has 18 heavy (non-hydrogen) atoms. The molecular formula is C16H24N2. The van der Waals surface area contributed by atoms with Crippen molar-refractivity contribution >= 4 is 5.69 Å². The summed E-state index contributed by atoms with van der Waals surface area (Å²) >= 11 is 0. The highest BCUT2D eigenvalue weighted by Gasteiger charge is 2.22. The van der Waals surface area contributed by atoms with Crippen LogP contribution in [0.2, 0.25) is 0 Å². The Hall–Kier alpha value is -1.02. The van der Waals surface area contributed by atoms with E-state index in [-0.39, 0.29) is 0 Å². The zero-order valence-corrected chi connectivity index (χ0v) is 11.6. The molecular weight excluding hydrogens is 220 g/mol. The molecule has 98 valence electrons. The number of anilines is 1. The number of hydrogen-bond acceptors (Lipinski definition) is 2.